The molecule has 1 aliphatic rings. The molecule has 0 spiro atoms. The van der Waals surface area contributed by atoms with Crippen LogP contribution in [0.4, 0.5) is 5.69 Å². The Morgan fingerprint density at radius 3 is 3.00 bits per heavy atom. The molecule has 2 heterocycles. The molecule has 0 saturated heterocycles. The second-order valence-electron chi connectivity index (χ2n) is 2.39. The van der Waals surface area contributed by atoms with Crippen LogP contribution in [0.3, 0.4) is 0 Å². The van der Waals surface area contributed by atoms with E-state index in [9.17, 15) is 4.79 Å². The molecule has 6 heteroatoms. The van der Waals surface area contributed by atoms with Gasteiger partial charge in [-0.3, -0.25) is 0 Å². The topological polar surface area (TPSA) is 84.7 Å². The Morgan fingerprint density at radius 2 is 2.23 bits per heavy atom. The van der Waals surface area contributed by atoms with Gasteiger partial charge in [-0.2, -0.15) is 10.2 Å². The van der Waals surface area contributed by atoms with Crippen LogP contribution >= 0.6 is 0 Å². The first kappa shape index (κ1) is 7.66. The van der Waals surface area contributed by atoms with Crippen LogP contribution in [0, 0.1) is 0 Å². The molecule has 0 aromatic carbocycles. The number of carbonyl (C=O) groups is 1. The van der Waals surface area contributed by atoms with Gasteiger partial charge in [0, 0.05) is 0 Å². The molecule has 1 N–H and O–H groups in total. The quantitative estimate of drug-likeness (QED) is 0.657. The summed E-state index contributed by atoms with van der Waals surface area (Å²) >= 11 is 0. The minimum absolute atomic E-state index is 0.0273. The zero-order chi connectivity index (χ0) is 9.26. The SMILES string of the molecule is O=C(O)C1=Nc2cnncc2OC1. The average molecular weight is 179 g/mol. The van der Waals surface area contributed by atoms with Crippen LogP contribution in [0.5, 0.6) is 5.75 Å². The summed E-state index contributed by atoms with van der Waals surface area (Å²) in [4.78, 5) is 14.4. The lowest BCUT2D eigenvalue weighted by Gasteiger charge is -2.12. The third kappa shape index (κ3) is 1.33. The van der Waals surface area contributed by atoms with Crippen molar-refractivity contribution in [3.8, 4) is 5.75 Å². The maximum Gasteiger partial charge on any atom is 0.353 e. The van der Waals surface area contributed by atoms with Gasteiger partial charge >= 0.3 is 5.97 Å². The van der Waals surface area contributed by atoms with Crippen LogP contribution < -0.4 is 4.74 Å². The average Bonchev–Trinajstić information content (AvgIpc) is 2.17. The lowest BCUT2D eigenvalue weighted by Crippen LogP contribution is -2.23. The van der Waals surface area contributed by atoms with Crippen LogP contribution in [0.1, 0.15) is 0 Å². The van der Waals surface area contributed by atoms with Gasteiger partial charge in [-0.25, -0.2) is 9.79 Å². The predicted molar refractivity (Wildman–Crippen MR) is 42.3 cm³/mol. The number of rotatable bonds is 1. The number of aliphatic imine (C=N–C) groups is 1. The summed E-state index contributed by atoms with van der Waals surface area (Å²) < 4.78 is 5.08. The van der Waals surface area contributed by atoms with Crippen molar-refractivity contribution in [1.29, 1.82) is 0 Å². The smallest absolute Gasteiger partial charge is 0.353 e. The lowest BCUT2D eigenvalue weighted by atomic mass is 10.3. The number of carboxylic acids is 1. The van der Waals surface area contributed by atoms with E-state index in [1.54, 1.807) is 0 Å². The highest BCUT2D eigenvalue weighted by Gasteiger charge is 2.18. The van der Waals surface area contributed by atoms with E-state index in [1.165, 1.54) is 12.4 Å². The molecule has 1 aliphatic heterocycles. The van der Waals surface area contributed by atoms with Crippen molar-refractivity contribution < 1.29 is 14.6 Å². The molecule has 2 rings (SSSR count). The number of hydrogen-bond donors (Lipinski definition) is 1. The molecule has 66 valence electrons. The number of aromatic nitrogens is 2. The Balaban J connectivity index is 2.44. The van der Waals surface area contributed by atoms with Crippen molar-refractivity contribution in [2.75, 3.05) is 6.61 Å². The van der Waals surface area contributed by atoms with Gasteiger partial charge in [-0.1, -0.05) is 0 Å². The summed E-state index contributed by atoms with van der Waals surface area (Å²) in [5.41, 5.74) is 0.374. The Labute approximate surface area is 72.9 Å². The van der Waals surface area contributed by atoms with E-state index >= 15 is 0 Å². The second kappa shape index (κ2) is 2.81. The van der Waals surface area contributed by atoms with E-state index in [4.69, 9.17) is 9.84 Å². The molecular formula is C7H5N3O3. The number of ether oxygens (including phenoxy) is 1. The monoisotopic (exact) mass is 179 g/mol. The molecule has 1 aromatic heterocycles. The van der Waals surface area contributed by atoms with E-state index in [0.29, 0.717) is 11.4 Å². The molecular weight excluding hydrogens is 174 g/mol. The summed E-state index contributed by atoms with van der Waals surface area (Å²) in [5.74, 6) is -0.623. The maximum absolute atomic E-state index is 10.5. The molecule has 0 saturated carbocycles. The van der Waals surface area contributed by atoms with Crippen LogP contribution in [-0.2, 0) is 4.79 Å². The van der Waals surface area contributed by atoms with Crippen LogP contribution in [0.15, 0.2) is 17.4 Å². The van der Waals surface area contributed by atoms with Crippen molar-refractivity contribution >= 4 is 17.4 Å². The van der Waals surface area contributed by atoms with Gasteiger partial charge in [0.05, 0.1) is 12.4 Å². The minimum Gasteiger partial charge on any atom is -0.483 e. The first-order valence-electron chi connectivity index (χ1n) is 3.52. The van der Waals surface area contributed by atoms with Crippen LogP contribution in [-0.4, -0.2) is 33.6 Å². The fourth-order valence-electron chi connectivity index (χ4n) is 0.932. The van der Waals surface area contributed by atoms with E-state index in [0.717, 1.165) is 0 Å². The number of carboxylic acid groups (broad SMARTS) is 1. The molecule has 0 aliphatic carbocycles. The Bertz CT molecular complexity index is 388. The summed E-state index contributed by atoms with van der Waals surface area (Å²) in [5, 5.41) is 15.8. The number of aliphatic carboxylic acids is 1. The molecule has 0 atom stereocenters. The zero-order valence-electron chi connectivity index (χ0n) is 6.47. The standard InChI is InChI=1S/C7H5N3O3/c11-7(12)5-3-13-6-2-9-8-1-4(6)10-5/h1-2H,3H2,(H,11,12). The minimum atomic E-state index is -1.08. The second-order valence-corrected chi connectivity index (χ2v) is 2.39. The van der Waals surface area contributed by atoms with Crippen molar-refractivity contribution in [3.63, 3.8) is 0 Å². The largest absolute Gasteiger partial charge is 0.483 e. The van der Waals surface area contributed by atoms with Gasteiger partial charge in [0.2, 0.25) is 0 Å². The molecule has 0 bridgehead atoms. The Morgan fingerprint density at radius 1 is 1.46 bits per heavy atom. The number of hydrogen-bond acceptors (Lipinski definition) is 5. The molecule has 0 unspecified atom stereocenters. The fourth-order valence-corrected chi connectivity index (χ4v) is 0.932. The first-order chi connectivity index (χ1) is 6.27. The molecule has 0 fully saturated rings. The van der Waals surface area contributed by atoms with Crippen molar-refractivity contribution in [3.05, 3.63) is 12.4 Å². The summed E-state index contributed by atoms with van der Waals surface area (Å²) in [6.07, 6.45) is 2.76. The molecule has 13 heavy (non-hydrogen) atoms. The van der Waals surface area contributed by atoms with E-state index < -0.39 is 5.97 Å². The molecule has 0 radical (unpaired) electrons. The van der Waals surface area contributed by atoms with Gasteiger partial charge in [0.15, 0.2) is 11.5 Å². The van der Waals surface area contributed by atoms with E-state index in [1.807, 2.05) is 0 Å². The highest BCUT2D eigenvalue weighted by molar-refractivity contribution is 6.37. The molecule has 0 amide bonds. The zero-order valence-corrected chi connectivity index (χ0v) is 6.47. The van der Waals surface area contributed by atoms with Gasteiger partial charge in [-0.15, -0.1) is 0 Å². The van der Waals surface area contributed by atoms with Crippen molar-refractivity contribution in [2.45, 2.75) is 0 Å². The van der Waals surface area contributed by atoms with Gasteiger partial charge in [-0.05, 0) is 0 Å². The third-order valence-electron chi connectivity index (χ3n) is 1.54. The highest BCUT2D eigenvalue weighted by Crippen LogP contribution is 2.27. The number of nitrogens with zero attached hydrogens (tertiary/aromatic N) is 3. The van der Waals surface area contributed by atoms with E-state index in [-0.39, 0.29) is 12.3 Å². The Hall–Kier alpha value is -1.98. The summed E-state index contributed by atoms with van der Waals surface area (Å²) in [6, 6.07) is 0. The van der Waals surface area contributed by atoms with Crippen molar-refractivity contribution in [1.82, 2.24) is 10.2 Å². The summed E-state index contributed by atoms with van der Waals surface area (Å²) in [7, 11) is 0. The molecule has 6 nitrogen and oxygen atoms in total. The van der Waals surface area contributed by atoms with Gasteiger partial charge < -0.3 is 9.84 Å². The van der Waals surface area contributed by atoms with Gasteiger partial charge in [0.25, 0.3) is 0 Å². The van der Waals surface area contributed by atoms with Crippen LogP contribution in [0.2, 0.25) is 0 Å². The molecule has 1 aromatic rings. The van der Waals surface area contributed by atoms with Crippen LogP contribution in [0.25, 0.3) is 0 Å². The number of fused-ring (bicyclic) bond motifs is 1. The predicted octanol–water partition coefficient (Wildman–Crippen LogP) is 0.0261. The fraction of sp³-hybridized carbons (Fsp3) is 0.143. The first-order valence-corrected chi connectivity index (χ1v) is 3.52. The normalized spacial score (nSPS) is 14.0. The summed E-state index contributed by atoms with van der Waals surface area (Å²) in [6.45, 7) is -0.0337. The Kier molecular flexibility index (Phi) is 1.66. The lowest BCUT2D eigenvalue weighted by molar-refractivity contribution is -0.129. The maximum atomic E-state index is 10.5. The third-order valence-corrected chi connectivity index (χ3v) is 1.54. The van der Waals surface area contributed by atoms with E-state index in [2.05, 4.69) is 15.2 Å². The van der Waals surface area contributed by atoms with Crippen molar-refractivity contribution in [2.24, 2.45) is 4.99 Å². The highest BCUT2D eigenvalue weighted by atomic mass is 16.5. The van der Waals surface area contributed by atoms with Gasteiger partial charge in [0.1, 0.15) is 12.3 Å².